The molecular formula is C17H17BrN2O2. The van der Waals surface area contributed by atoms with Crippen molar-refractivity contribution in [1.29, 1.82) is 0 Å². The normalized spacial score (nSPS) is 10.1. The summed E-state index contributed by atoms with van der Waals surface area (Å²) in [6.45, 7) is 3.80. The molecule has 114 valence electrons. The van der Waals surface area contributed by atoms with Crippen molar-refractivity contribution in [1.82, 2.24) is 5.32 Å². The van der Waals surface area contributed by atoms with E-state index >= 15 is 0 Å². The van der Waals surface area contributed by atoms with Gasteiger partial charge in [0.25, 0.3) is 5.91 Å². The average molecular weight is 361 g/mol. The molecule has 0 unspecified atom stereocenters. The Hall–Kier alpha value is -2.14. The lowest BCUT2D eigenvalue weighted by atomic mass is 10.1. The van der Waals surface area contributed by atoms with Crippen molar-refractivity contribution in [3.63, 3.8) is 0 Å². The third-order valence-electron chi connectivity index (χ3n) is 3.02. The molecule has 5 heteroatoms. The van der Waals surface area contributed by atoms with Crippen LogP contribution in [0.3, 0.4) is 0 Å². The number of benzene rings is 2. The van der Waals surface area contributed by atoms with E-state index in [0.29, 0.717) is 11.3 Å². The number of amides is 2. The smallest absolute Gasteiger partial charge is 0.251 e. The second kappa shape index (κ2) is 7.22. The Labute approximate surface area is 138 Å². The molecule has 0 fully saturated rings. The van der Waals surface area contributed by atoms with Gasteiger partial charge in [0.1, 0.15) is 0 Å². The largest absolute Gasteiger partial charge is 0.343 e. The Kier molecular flexibility index (Phi) is 5.33. The summed E-state index contributed by atoms with van der Waals surface area (Å²) in [4.78, 5) is 23.9. The monoisotopic (exact) mass is 360 g/mol. The van der Waals surface area contributed by atoms with Crippen LogP contribution in [0, 0.1) is 13.8 Å². The first-order valence-electron chi connectivity index (χ1n) is 6.86. The van der Waals surface area contributed by atoms with Crippen LogP contribution >= 0.6 is 15.9 Å². The maximum atomic E-state index is 12.1. The second-order valence-electron chi connectivity index (χ2n) is 5.11. The van der Waals surface area contributed by atoms with Gasteiger partial charge in [0.05, 0.1) is 6.54 Å². The maximum Gasteiger partial charge on any atom is 0.251 e. The predicted octanol–water partition coefficient (Wildman–Crippen LogP) is 3.43. The quantitative estimate of drug-likeness (QED) is 0.877. The van der Waals surface area contributed by atoms with E-state index in [0.717, 1.165) is 15.6 Å². The van der Waals surface area contributed by atoms with Gasteiger partial charge in [-0.05, 0) is 50.2 Å². The number of rotatable bonds is 4. The van der Waals surface area contributed by atoms with E-state index in [-0.39, 0.29) is 18.4 Å². The van der Waals surface area contributed by atoms with E-state index in [9.17, 15) is 9.59 Å². The highest BCUT2D eigenvalue weighted by Gasteiger charge is 2.09. The second-order valence-corrected chi connectivity index (χ2v) is 6.03. The number of aryl methyl sites for hydroxylation is 2. The molecule has 0 aliphatic rings. The molecule has 0 saturated carbocycles. The average Bonchev–Trinajstić information content (AvgIpc) is 2.46. The number of carbonyl (C=O) groups is 2. The minimum Gasteiger partial charge on any atom is -0.343 e. The summed E-state index contributed by atoms with van der Waals surface area (Å²) in [6, 6.07) is 12.8. The van der Waals surface area contributed by atoms with Crippen LogP contribution in [0.15, 0.2) is 46.9 Å². The molecule has 2 aromatic carbocycles. The third kappa shape index (κ3) is 4.70. The van der Waals surface area contributed by atoms with Crippen molar-refractivity contribution in [3.8, 4) is 0 Å². The van der Waals surface area contributed by atoms with Crippen molar-refractivity contribution >= 4 is 33.4 Å². The van der Waals surface area contributed by atoms with Crippen LogP contribution in [0.1, 0.15) is 21.5 Å². The molecule has 2 aromatic rings. The fourth-order valence-corrected chi connectivity index (χ4v) is 2.37. The van der Waals surface area contributed by atoms with Gasteiger partial charge in [0.2, 0.25) is 5.91 Å². The van der Waals surface area contributed by atoms with E-state index < -0.39 is 0 Å². The van der Waals surface area contributed by atoms with Crippen LogP contribution in [0.4, 0.5) is 5.69 Å². The van der Waals surface area contributed by atoms with Gasteiger partial charge in [-0.15, -0.1) is 0 Å². The Morgan fingerprint density at radius 2 is 1.59 bits per heavy atom. The molecule has 2 N–H and O–H groups in total. The summed E-state index contributed by atoms with van der Waals surface area (Å²) in [7, 11) is 0. The van der Waals surface area contributed by atoms with Gasteiger partial charge in [-0.3, -0.25) is 9.59 Å². The molecule has 0 aromatic heterocycles. The summed E-state index contributed by atoms with van der Waals surface area (Å²) >= 11 is 3.33. The highest BCUT2D eigenvalue weighted by atomic mass is 79.9. The molecule has 2 rings (SSSR count). The SMILES string of the molecule is Cc1cc(C)cc(C(=O)NCC(=O)Nc2ccc(Br)cc2)c1. The van der Waals surface area contributed by atoms with Gasteiger partial charge in [0.15, 0.2) is 0 Å². The molecule has 4 nitrogen and oxygen atoms in total. The zero-order valence-corrected chi connectivity index (χ0v) is 14.0. The number of hydrogen-bond donors (Lipinski definition) is 2. The molecule has 0 atom stereocenters. The number of nitrogens with one attached hydrogen (secondary N) is 2. The lowest BCUT2D eigenvalue weighted by molar-refractivity contribution is -0.115. The Bertz CT molecular complexity index is 676. The van der Waals surface area contributed by atoms with Crippen molar-refractivity contribution in [3.05, 3.63) is 63.6 Å². The van der Waals surface area contributed by atoms with E-state index in [1.807, 2.05) is 32.0 Å². The molecule has 0 aliphatic carbocycles. The first kappa shape index (κ1) is 16.2. The van der Waals surface area contributed by atoms with Gasteiger partial charge >= 0.3 is 0 Å². The topological polar surface area (TPSA) is 58.2 Å². The number of carbonyl (C=O) groups excluding carboxylic acids is 2. The van der Waals surface area contributed by atoms with Crippen LogP contribution in [0.25, 0.3) is 0 Å². The summed E-state index contributed by atoms with van der Waals surface area (Å²) < 4.78 is 0.939. The van der Waals surface area contributed by atoms with E-state index in [2.05, 4.69) is 26.6 Å². The van der Waals surface area contributed by atoms with Crippen LogP contribution in [0.2, 0.25) is 0 Å². The van der Waals surface area contributed by atoms with Crippen molar-refractivity contribution in [2.24, 2.45) is 0 Å². The van der Waals surface area contributed by atoms with Gasteiger partial charge in [-0.2, -0.15) is 0 Å². The van der Waals surface area contributed by atoms with E-state index in [1.54, 1.807) is 24.3 Å². The van der Waals surface area contributed by atoms with Crippen molar-refractivity contribution < 1.29 is 9.59 Å². The lowest BCUT2D eigenvalue weighted by Gasteiger charge is -2.08. The number of hydrogen-bond acceptors (Lipinski definition) is 2. The van der Waals surface area contributed by atoms with Crippen LogP contribution in [-0.4, -0.2) is 18.4 Å². The van der Waals surface area contributed by atoms with Crippen LogP contribution in [-0.2, 0) is 4.79 Å². The molecule has 2 amide bonds. The molecule has 0 spiro atoms. The minimum atomic E-state index is -0.264. The predicted molar refractivity (Wildman–Crippen MR) is 91.0 cm³/mol. The van der Waals surface area contributed by atoms with Gasteiger partial charge in [-0.1, -0.05) is 33.1 Å². The first-order valence-corrected chi connectivity index (χ1v) is 7.65. The standard InChI is InChI=1S/C17H17BrN2O2/c1-11-7-12(2)9-13(8-11)17(22)19-10-16(21)20-15-5-3-14(18)4-6-15/h3-9H,10H2,1-2H3,(H,19,22)(H,20,21). The molecule has 0 aliphatic heterocycles. The lowest BCUT2D eigenvalue weighted by Crippen LogP contribution is -2.32. The summed E-state index contributed by atoms with van der Waals surface area (Å²) in [5.41, 5.74) is 3.29. The molecule has 0 heterocycles. The van der Waals surface area contributed by atoms with Crippen LogP contribution in [0.5, 0.6) is 0 Å². The summed E-state index contributed by atoms with van der Waals surface area (Å²) in [6.07, 6.45) is 0. The Morgan fingerprint density at radius 3 is 2.18 bits per heavy atom. The molecule has 0 bridgehead atoms. The minimum absolute atomic E-state index is 0.0676. The highest BCUT2D eigenvalue weighted by Crippen LogP contribution is 2.14. The molecule has 0 saturated heterocycles. The number of halogens is 1. The fraction of sp³-hybridized carbons (Fsp3) is 0.176. The van der Waals surface area contributed by atoms with Gasteiger partial charge in [0, 0.05) is 15.7 Å². The van der Waals surface area contributed by atoms with Gasteiger partial charge in [-0.25, -0.2) is 0 Å². The van der Waals surface area contributed by atoms with Gasteiger partial charge < -0.3 is 10.6 Å². The fourth-order valence-electron chi connectivity index (χ4n) is 2.11. The van der Waals surface area contributed by atoms with Crippen molar-refractivity contribution in [2.75, 3.05) is 11.9 Å². The van der Waals surface area contributed by atoms with E-state index in [4.69, 9.17) is 0 Å². The summed E-state index contributed by atoms with van der Waals surface area (Å²) in [5.74, 6) is -0.516. The van der Waals surface area contributed by atoms with E-state index in [1.165, 1.54) is 0 Å². The highest BCUT2D eigenvalue weighted by molar-refractivity contribution is 9.10. The molecule has 22 heavy (non-hydrogen) atoms. The zero-order chi connectivity index (χ0) is 16.1. The summed E-state index contributed by atoms with van der Waals surface area (Å²) in [5, 5.41) is 5.35. The van der Waals surface area contributed by atoms with Crippen LogP contribution < -0.4 is 10.6 Å². The third-order valence-corrected chi connectivity index (χ3v) is 3.55. The number of anilines is 1. The maximum absolute atomic E-state index is 12.1. The first-order chi connectivity index (χ1) is 10.4. The molecular weight excluding hydrogens is 344 g/mol. The Balaban J connectivity index is 1.90. The molecule has 0 radical (unpaired) electrons. The van der Waals surface area contributed by atoms with Crippen molar-refractivity contribution in [2.45, 2.75) is 13.8 Å². The Morgan fingerprint density at radius 1 is 1.00 bits per heavy atom. The zero-order valence-electron chi connectivity index (χ0n) is 12.4.